The minimum absolute atomic E-state index is 0.204. The Morgan fingerprint density at radius 3 is 2.29 bits per heavy atom. The molecule has 0 saturated heterocycles. The Labute approximate surface area is 123 Å². The van der Waals surface area contributed by atoms with E-state index in [9.17, 15) is 4.79 Å². The van der Waals surface area contributed by atoms with E-state index in [-0.39, 0.29) is 17.0 Å². The molecule has 1 N–H and O–H groups in total. The van der Waals surface area contributed by atoms with Gasteiger partial charge in [0, 0.05) is 11.5 Å². The first-order valence-corrected chi connectivity index (χ1v) is 6.70. The summed E-state index contributed by atoms with van der Waals surface area (Å²) in [6.07, 6.45) is 0. The summed E-state index contributed by atoms with van der Waals surface area (Å²) < 4.78 is 10.3. The lowest BCUT2D eigenvalue weighted by atomic mass is 9.93. The van der Waals surface area contributed by atoms with Crippen molar-refractivity contribution in [3.63, 3.8) is 0 Å². The third-order valence-corrected chi connectivity index (χ3v) is 2.97. The van der Waals surface area contributed by atoms with Crippen LogP contribution in [-0.4, -0.2) is 21.2 Å². The minimum Gasteiger partial charge on any atom is -0.360 e. The fourth-order valence-corrected chi connectivity index (χ4v) is 1.69. The van der Waals surface area contributed by atoms with E-state index in [1.807, 2.05) is 20.8 Å². The smallest absolute Gasteiger partial charge is 0.274 e. The number of amides is 1. The minimum atomic E-state index is -0.792. The van der Waals surface area contributed by atoms with Gasteiger partial charge >= 0.3 is 0 Å². The van der Waals surface area contributed by atoms with Crippen LogP contribution in [0.3, 0.4) is 0 Å². The second-order valence-electron chi connectivity index (χ2n) is 6.55. The highest BCUT2D eigenvalue weighted by molar-refractivity contribution is 5.92. The molecule has 7 nitrogen and oxygen atoms in total. The molecule has 0 aliphatic rings. The molecular weight excluding hydrogens is 272 g/mol. The summed E-state index contributed by atoms with van der Waals surface area (Å²) in [5.41, 5.74) is -0.770. The number of aromatic nitrogens is 3. The van der Waals surface area contributed by atoms with Gasteiger partial charge in [0.15, 0.2) is 11.5 Å². The lowest BCUT2D eigenvalue weighted by Crippen LogP contribution is -2.41. The van der Waals surface area contributed by atoms with Crippen molar-refractivity contribution < 1.29 is 13.8 Å². The van der Waals surface area contributed by atoms with Crippen molar-refractivity contribution in [2.75, 3.05) is 0 Å². The van der Waals surface area contributed by atoms with Crippen LogP contribution in [0.15, 0.2) is 15.1 Å². The van der Waals surface area contributed by atoms with Crippen LogP contribution in [0.2, 0.25) is 0 Å². The van der Waals surface area contributed by atoms with Gasteiger partial charge < -0.3 is 14.4 Å². The summed E-state index contributed by atoms with van der Waals surface area (Å²) >= 11 is 0. The van der Waals surface area contributed by atoms with Gasteiger partial charge in [-0.25, -0.2) is 0 Å². The Kier molecular flexibility index (Phi) is 3.61. The van der Waals surface area contributed by atoms with Crippen LogP contribution in [0.5, 0.6) is 0 Å². The topological polar surface area (TPSA) is 94.1 Å². The molecule has 0 aromatic carbocycles. The third kappa shape index (κ3) is 3.29. The Bertz CT molecular complexity index is 649. The molecule has 0 fully saturated rings. The Hall–Kier alpha value is -2.18. The van der Waals surface area contributed by atoms with Gasteiger partial charge in [0.1, 0.15) is 11.3 Å². The average Bonchev–Trinajstić information content (AvgIpc) is 2.95. The van der Waals surface area contributed by atoms with Gasteiger partial charge in [0.2, 0.25) is 0 Å². The molecule has 0 aliphatic carbocycles. The molecule has 0 saturated carbocycles. The van der Waals surface area contributed by atoms with E-state index in [2.05, 4.69) is 20.6 Å². The number of carbonyl (C=O) groups is 1. The van der Waals surface area contributed by atoms with Crippen molar-refractivity contribution >= 4 is 5.91 Å². The highest BCUT2D eigenvalue weighted by Gasteiger charge is 2.31. The first-order chi connectivity index (χ1) is 9.59. The Morgan fingerprint density at radius 1 is 1.14 bits per heavy atom. The molecular formula is C14H20N4O3. The highest BCUT2D eigenvalue weighted by Crippen LogP contribution is 2.23. The quantitative estimate of drug-likeness (QED) is 0.933. The molecule has 2 aromatic rings. The number of nitrogens with zero attached hydrogens (tertiary/aromatic N) is 3. The molecule has 0 aliphatic heterocycles. The number of nitrogens with one attached hydrogen (secondary N) is 1. The predicted molar refractivity (Wildman–Crippen MR) is 74.7 cm³/mol. The van der Waals surface area contributed by atoms with E-state index < -0.39 is 5.54 Å². The maximum Gasteiger partial charge on any atom is 0.274 e. The van der Waals surface area contributed by atoms with Crippen molar-refractivity contribution in [1.29, 1.82) is 0 Å². The molecule has 114 valence electrons. The summed E-state index contributed by atoms with van der Waals surface area (Å²) in [5, 5.41) is 10.3. The predicted octanol–water partition coefficient (Wildman–Crippen LogP) is 2.33. The van der Waals surface area contributed by atoms with Crippen LogP contribution in [-0.2, 0) is 11.0 Å². The summed E-state index contributed by atoms with van der Waals surface area (Å²) in [7, 11) is 0. The summed E-state index contributed by atoms with van der Waals surface area (Å²) in [5.74, 6) is 1.16. The van der Waals surface area contributed by atoms with Crippen molar-refractivity contribution in [3.05, 3.63) is 29.2 Å². The number of carbonyl (C=O) groups excluding carboxylic acids is 1. The molecule has 2 aromatic heterocycles. The molecule has 1 amide bonds. The molecule has 0 unspecified atom stereocenters. The maximum absolute atomic E-state index is 12.3. The zero-order valence-corrected chi connectivity index (χ0v) is 13.1. The van der Waals surface area contributed by atoms with E-state index >= 15 is 0 Å². The van der Waals surface area contributed by atoms with Crippen LogP contribution in [0.4, 0.5) is 0 Å². The van der Waals surface area contributed by atoms with Crippen LogP contribution in [0.25, 0.3) is 0 Å². The Morgan fingerprint density at radius 2 is 1.81 bits per heavy atom. The van der Waals surface area contributed by atoms with Gasteiger partial charge in [-0.05, 0) is 20.8 Å². The Balaban J connectivity index is 2.16. The van der Waals surface area contributed by atoms with Gasteiger partial charge in [-0.15, -0.1) is 0 Å². The number of hydrogen-bond donors (Lipinski definition) is 1. The van der Waals surface area contributed by atoms with Crippen molar-refractivity contribution in [2.24, 2.45) is 0 Å². The molecule has 0 atom stereocenters. The summed E-state index contributed by atoms with van der Waals surface area (Å²) in [6.45, 7) is 11.2. The second-order valence-corrected chi connectivity index (χ2v) is 6.55. The molecule has 2 rings (SSSR count). The standard InChI is InChI=1S/C14H20N4O3/c1-8-15-12(21-17-8)14(5,6)16-11(19)9-7-10(20-18-9)13(2,3)4/h7H,1-6H3,(H,16,19). The second kappa shape index (κ2) is 4.98. The molecule has 0 bridgehead atoms. The van der Waals surface area contributed by atoms with E-state index in [0.29, 0.717) is 17.5 Å². The van der Waals surface area contributed by atoms with Crippen LogP contribution >= 0.6 is 0 Å². The molecule has 0 radical (unpaired) electrons. The molecule has 21 heavy (non-hydrogen) atoms. The van der Waals surface area contributed by atoms with Gasteiger partial charge in [-0.3, -0.25) is 4.79 Å². The zero-order chi connectivity index (χ0) is 15.8. The molecule has 2 heterocycles. The zero-order valence-electron chi connectivity index (χ0n) is 13.1. The lowest BCUT2D eigenvalue weighted by Gasteiger charge is -2.20. The van der Waals surface area contributed by atoms with E-state index in [0.717, 1.165) is 0 Å². The van der Waals surface area contributed by atoms with Crippen LogP contribution in [0, 0.1) is 6.92 Å². The van der Waals surface area contributed by atoms with E-state index in [4.69, 9.17) is 9.05 Å². The first-order valence-electron chi connectivity index (χ1n) is 6.70. The van der Waals surface area contributed by atoms with Crippen LogP contribution in [0.1, 0.15) is 62.6 Å². The van der Waals surface area contributed by atoms with Crippen molar-refractivity contribution in [1.82, 2.24) is 20.6 Å². The fourth-order valence-electron chi connectivity index (χ4n) is 1.69. The monoisotopic (exact) mass is 292 g/mol. The van der Waals surface area contributed by atoms with E-state index in [1.54, 1.807) is 26.8 Å². The van der Waals surface area contributed by atoms with Gasteiger partial charge in [0.05, 0.1) is 0 Å². The summed E-state index contributed by atoms with van der Waals surface area (Å²) in [6, 6.07) is 1.64. The largest absolute Gasteiger partial charge is 0.360 e. The maximum atomic E-state index is 12.3. The van der Waals surface area contributed by atoms with Crippen molar-refractivity contribution in [3.8, 4) is 0 Å². The average molecular weight is 292 g/mol. The summed E-state index contributed by atoms with van der Waals surface area (Å²) in [4.78, 5) is 16.4. The van der Waals surface area contributed by atoms with Crippen molar-refractivity contribution in [2.45, 2.75) is 52.5 Å². The van der Waals surface area contributed by atoms with E-state index in [1.165, 1.54) is 0 Å². The third-order valence-electron chi connectivity index (χ3n) is 2.97. The van der Waals surface area contributed by atoms with Gasteiger partial charge in [0.25, 0.3) is 11.8 Å². The van der Waals surface area contributed by atoms with Gasteiger partial charge in [-0.2, -0.15) is 4.98 Å². The molecule has 7 heteroatoms. The molecule has 0 spiro atoms. The first kappa shape index (κ1) is 15.2. The number of hydrogen-bond acceptors (Lipinski definition) is 6. The lowest BCUT2D eigenvalue weighted by molar-refractivity contribution is 0.0885. The SMILES string of the molecule is Cc1noc(C(C)(C)NC(=O)c2cc(C(C)(C)C)on2)n1. The number of rotatable bonds is 3. The number of aryl methyl sites for hydroxylation is 1. The van der Waals surface area contributed by atoms with Gasteiger partial charge in [-0.1, -0.05) is 31.1 Å². The normalized spacial score (nSPS) is 12.5. The van der Waals surface area contributed by atoms with Crippen LogP contribution < -0.4 is 5.32 Å². The fraction of sp³-hybridized carbons (Fsp3) is 0.571. The highest BCUT2D eigenvalue weighted by atomic mass is 16.5.